The van der Waals surface area contributed by atoms with E-state index in [0.29, 0.717) is 73.6 Å². The smallest absolute Gasteiger partial charge is 0.407 e. The normalized spacial score (nSPS) is 14.5. The zero-order valence-corrected chi connectivity index (χ0v) is 40.6. The highest BCUT2D eigenvalue weighted by atomic mass is 16.6. The third kappa shape index (κ3) is 16.2. The number of carbonyl (C=O) groups excluding carboxylic acids is 7. The van der Waals surface area contributed by atoms with Crippen LogP contribution in [0.3, 0.4) is 0 Å². The molecule has 0 unspecified atom stereocenters. The maximum absolute atomic E-state index is 13.1. The molecule has 0 atom stereocenters. The maximum atomic E-state index is 13.1. The van der Waals surface area contributed by atoms with Crippen LogP contribution in [-0.2, 0) is 37.0 Å². The number of rotatable bonds is 13. The summed E-state index contributed by atoms with van der Waals surface area (Å²) in [4.78, 5) is 89.6. The van der Waals surface area contributed by atoms with Crippen LogP contribution in [0.4, 0.5) is 16.2 Å². The SMILES string of the molecule is C.CC(C)(C)OC(=O)NCc1cccc(C2CCN(C(=O)c3cccc(NC(=O)C(=O)C(C)(C)O)c3)CC2)c1.CC(C)(O)C(=O)C(=O)Nc1cccc(C(=O)N2CCC(c3cccc(CN)c3)CC2)c1. The number of ketones is 2. The lowest BCUT2D eigenvalue weighted by atomic mass is 9.88. The Labute approximate surface area is 411 Å². The van der Waals surface area contributed by atoms with Gasteiger partial charge in [-0.3, -0.25) is 28.8 Å². The minimum Gasteiger partial charge on any atom is -0.444 e. The van der Waals surface area contributed by atoms with Gasteiger partial charge in [0.05, 0.1) is 0 Å². The highest BCUT2D eigenvalue weighted by molar-refractivity contribution is 6.43. The molecule has 2 saturated heterocycles. The predicted molar refractivity (Wildman–Crippen MR) is 269 cm³/mol. The Morgan fingerprint density at radius 3 is 1.36 bits per heavy atom. The molecule has 0 spiro atoms. The molecule has 7 N–H and O–H groups in total. The molecule has 2 fully saturated rings. The minimum absolute atomic E-state index is 0. The highest BCUT2D eigenvalue weighted by Crippen LogP contribution is 2.31. The van der Waals surface area contributed by atoms with Crippen LogP contribution in [0.25, 0.3) is 0 Å². The summed E-state index contributed by atoms with van der Waals surface area (Å²) in [5.41, 5.74) is 7.67. The average Bonchev–Trinajstić information content (AvgIpc) is 3.31. The van der Waals surface area contributed by atoms with Crippen molar-refractivity contribution in [3.63, 3.8) is 0 Å². The molecule has 2 aliphatic rings. The molecular weight excluding hydrogens is 893 g/mol. The monoisotopic (exact) mass is 963 g/mol. The van der Waals surface area contributed by atoms with Crippen LogP contribution >= 0.6 is 0 Å². The number of benzene rings is 4. The van der Waals surface area contributed by atoms with E-state index >= 15 is 0 Å². The highest BCUT2D eigenvalue weighted by Gasteiger charge is 2.32. The molecule has 6 rings (SSSR count). The van der Waals surface area contributed by atoms with E-state index in [2.05, 4.69) is 40.2 Å². The number of piperidine rings is 2. The number of nitrogens with two attached hydrogens (primary N) is 1. The molecule has 70 heavy (non-hydrogen) atoms. The zero-order valence-electron chi connectivity index (χ0n) is 40.6. The van der Waals surface area contributed by atoms with Gasteiger partial charge >= 0.3 is 6.09 Å². The lowest BCUT2D eigenvalue weighted by Crippen LogP contribution is -2.40. The van der Waals surface area contributed by atoms with Crippen molar-refractivity contribution < 1.29 is 48.5 Å². The van der Waals surface area contributed by atoms with E-state index < -0.39 is 46.3 Å². The van der Waals surface area contributed by atoms with Crippen LogP contribution in [0, 0.1) is 0 Å². The van der Waals surface area contributed by atoms with E-state index in [-0.39, 0.29) is 19.2 Å². The summed E-state index contributed by atoms with van der Waals surface area (Å²) < 4.78 is 5.29. The molecule has 0 radical (unpaired) electrons. The molecule has 376 valence electrons. The summed E-state index contributed by atoms with van der Waals surface area (Å²) in [5.74, 6) is -3.33. The Bertz CT molecular complexity index is 2500. The lowest BCUT2D eigenvalue weighted by molar-refractivity contribution is -0.144. The summed E-state index contributed by atoms with van der Waals surface area (Å²) in [5, 5.41) is 27.2. The second-order valence-electron chi connectivity index (χ2n) is 19.5. The standard InChI is InChI=1S/C29H37N3O6.C24H29N3O4.CH4/c1-28(2,3)38-27(36)30-18-19-8-6-9-21(16-19)20-12-14-32(15-13-20)26(35)22-10-7-11-23(17-22)31-25(34)24(33)29(4,5)37;1-24(2,31)21(28)22(29)26-20-8-4-7-19(14-20)23(30)27-11-9-17(10-12-27)18-6-3-5-16(13-18)15-25;/h6-11,16-17,20,37H,12-15,18H2,1-5H3,(H,30,36)(H,31,34);3-8,13-14,17,31H,9-12,15,25H2,1-2H3,(H,26,29);1H4. The zero-order chi connectivity index (χ0) is 50.7. The average molecular weight is 963 g/mol. The lowest BCUT2D eigenvalue weighted by Gasteiger charge is -2.32. The number of aliphatic hydroxyl groups is 2. The van der Waals surface area contributed by atoms with Crippen LogP contribution in [0.15, 0.2) is 97.1 Å². The summed E-state index contributed by atoms with van der Waals surface area (Å²) >= 11 is 0. The third-order valence-corrected chi connectivity index (χ3v) is 11.7. The van der Waals surface area contributed by atoms with Gasteiger partial charge < -0.3 is 46.4 Å². The van der Waals surface area contributed by atoms with Gasteiger partial charge in [-0.15, -0.1) is 0 Å². The molecule has 4 aromatic rings. The van der Waals surface area contributed by atoms with E-state index in [0.717, 1.165) is 36.8 Å². The quantitative estimate of drug-likeness (QED) is 0.0740. The van der Waals surface area contributed by atoms with Gasteiger partial charge in [-0.05, 0) is 145 Å². The molecule has 0 bridgehead atoms. The van der Waals surface area contributed by atoms with Crippen LogP contribution in [-0.4, -0.2) is 104 Å². The molecule has 0 aliphatic carbocycles. The van der Waals surface area contributed by atoms with E-state index in [1.54, 1.807) is 47.4 Å². The van der Waals surface area contributed by atoms with E-state index in [1.165, 1.54) is 44.9 Å². The number of likely N-dealkylation sites (tertiary alicyclic amines) is 2. The summed E-state index contributed by atoms with van der Waals surface area (Å²) in [6.45, 7) is 13.8. The topological polar surface area (TPSA) is 238 Å². The minimum atomic E-state index is -1.78. The van der Waals surface area contributed by atoms with Crippen molar-refractivity contribution in [2.75, 3.05) is 36.8 Å². The first-order valence-electron chi connectivity index (χ1n) is 23.2. The predicted octanol–water partition coefficient (Wildman–Crippen LogP) is 7.09. The van der Waals surface area contributed by atoms with Crippen molar-refractivity contribution in [2.45, 2.75) is 123 Å². The van der Waals surface area contributed by atoms with E-state index in [9.17, 15) is 43.8 Å². The van der Waals surface area contributed by atoms with Crippen LogP contribution < -0.4 is 21.7 Å². The van der Waals surface area contributed by atoms with Crippen molar-refractivity contribution >= 4 is 52.7 Å². The first-order valence-corrected chi connectivity index (χ1v) is 23.2. The number of hydrogen-bond acceptors (Lipinski definition) is 11. The van der Waals surface area contributed by atoms with Crippen LogP contribution in [0.1, 0.15) is 136 Å². The van der Waals surface area contributed by atoms with Gasteiger partial charge in [0.25, 0.3) is 35.2 Å². The van der Waals surface area contributed by atoms with Gasteiger partial charge in [-0.2, -0.15) is 0 Å². The fourth-order valence-corrected chi connectivity index (χ4v) is 8.01. The van der Waals surface area contributed by atoms with Gasteiger partial charge in [0.1, 0.15) is 16.8 Å². The number of carbonyl (C=O) groups is 7. The molecule has 2 heterocycles. The van der Waals surface area contributed by atoms with Crippen molar-refractivity contribution in [1.29, 1.82) is 0 Å². The number of alkyl carbamates (subject to hydrolysis) is 1. The van der Waals surface area contributed by atoms with Gasteiger partial charge in [-0.25, -0.2) is 4.79 Å². The molecule has 16 nitrogen and oxygen atoms in total. The second-order valence-corrected chi connectivity index (χ2v) is 19.5. The number of amides is 5. The van der Waals surface area contributed by atoms with Gasteiger partial charge in [0.15, 0.2) is 0 Å². The molecular formula is C54H70N6O10. The molecule has 5 amide bonds. The van der Waals surface area contributed by atoms with Gasteiger partial charge in [0.2, 0.25) is 0 Å². The fourth-order valence-electron chi connectivity index (χ4n) is 8.01. The maximum Gasteiger partial charge on any atom is 0.407 e. The third-order valence-electron chi connectivity index (χ3n) is 11.7. The summed E-state index contributed by atoms with van der Waals surface area (Å²) in [7, 11) is 0. The van der Waals surface area contributed by atoms with Crippen LogP contribution in [0.5, 0.6) is 0 Å². The Balaban J connectivity index is 0.000000306. The summed E-state index contributed by atoms with van der Waals surface area (Å²) in [6, 6.07) is 29.3. The summed E-state index contributed by atoms with van der Waals surface area (Å²) in [6.07, 6.45) is 2.88. The van der Waals surface area contributed by atoms with Gasteiger partial charge in [-0.1, -0.05) is 68.1 Å². The largest absolute Gasteiger partial charge is 0.444 e. The number of anilines is 2. The van der Waals surface area contributed by atoms with Crippen molar-refractivity contribution in [3.05, 3.63) is 130 Å². The van der Waals surface area contributed by atoms with Crippen molar-refractivity contribution in [1.82, 2.24) is 15.1 Å². The molecule has 2 aliphatic heterocycles. The Hall–Kier alpha value is -6.75. The first-order chi connectivity index (χ1) is 32.4. The number of nitrogens with zero attached hydrogens (tertiary/aromatic N) is 2. The Kier molecular flexibility index (Phi) is 19.3. The number of nitrogens with one attached hydrogen (secondary N) is 3. The molecule has 4 aromatic carbocycles. The number of ether oxygens (including phenoxy) is 1. The Morgan fingerprint density at radius 2 is 0.971 bits per heavy atom. The first kappa shape index (κ1) is 55.8. The second kappa shape index (κ2) is 24.2. The molecule has 16 heteroatoms. The molecule has 0 saturated carbocycles. The molecule has 0 aromatic heterocycles. The number of hydrogen-bond donors (Lipinski definition) is 6. The van der Waals surface area contributed by atoms with E-state index in [4.69, 9.17) is 10.5 Å². The van der Waals surface area contributed by atoms with E-state index in [1.807, 2.05) is 49.9 Å². The van der Waals surface area contributed by atoms with Crippen molar-refractivity contribution in [3.8, 4) is 0 Å². The van der Waals surface area contributed by atoms with Crippen LogP contribution in [0.2, 0.25) is 0 Å². The van der Waals surface area contributed by atoms with Crippen molar-refractivity contribution in [2.24, 2.45) is 5.73 Å². The van der Waals surface area contributed by atoms with Gasteiger partial charge in [0, 0.05) is 61.8 Å². The number of Topliss-reactive ketones (excluding diaryl/α,β-unsaturated/α-hetero) is 2. The fraction of sp³-hybridized carbons (Fsp3) is 0.426. The Morgan fingerprint density at radius 1 is 0.586 bits per heavy atom.